The van der Waals surface area contributed by atoms with Gasteiger partial charge in [0.2, 0.25) is 11.8 Å². The first-order valence-corrected chi connectivity index (χ1v) is 12.3. The van der Waals surface area contributed by atoms with Crippen molar-refractivity contribution in [1.82, 2.24) is 15.0 Å². The topological polar surface area (TPSA) is 121 Å². The van der Waals surface area contributed by atoms with E-state index in [9.17, 15) is 20.0 Å². The third kappa shape index (κ3) is 2.79. The van der Waals surface area contributed by atoms with Gasteiger partial charge in [0.1, 0.15) is 11.1 Å². The Morgan fingerprint density at radius 3 is 2.59 bits per heavy atom. The minimum Gasteiger partial charge on any atom is -0.390 e. The zero-order chi connectivity index (χ0) is 25.5. The molecule has 2 bridgehead atoms. The molecular formula is C28H23N5O4. The number of benzene rings is 3. The number of carbonyl (C=O) groups is 2. The lowest BCUT2D eigenvalue weighted by Crippen LogP contribution is -2.49. The van der Waals surface area contributed by atoms with Crippen molar-refractivity contribution in [3.05, 3.63) is 66.2 Å². The van der Waals surface area contributed by atoms with Crippen LogP contribution in [0, 0.1) is 23.2 Å². The van der Waals surface area contributed by atoms with Gasteiger partial charge >= 0.3 is 0 Å². The number of nitrogens with zero attached hydrogens (tertiary/aromatic N) is 5. The van der Waals surface area contributed by atoms with Crippen LogP contribution in [0.5, 0.6) is 0 Å². The summed E-state index contributed by atoms with van der Waals surface area (Å²) in [5.74, 6) is -2.23. The van der Waals surface area contributed by atoms with E-state index in [1.54, 1.807) is 23.7 Å². The van der Waals surface area contributed by atoms with Crippen LogP contribution in [0.1, 0.15) is 25.3 Å². The number of fused-ring (bicyclic) bond motifs is 7. The van der Waals surface area contributed by atoms with Crippen LogP contribution in [0.15, 0.2) is 60.7 Å². The highest BCUT2D eigenvalue weighted by Crippen LogP contribution is 2.62. The Morgan fingerprint density at radius 1 is 1.05 bits per heavy atom. The van der Waals surface area contributed by atoms with Gasteiger partial charge in [-0.1, -0.05) is 41.6 Å². The molecule has 5 atom stereocenters. The molecular weight excluding hydrogens is 470 g/mol. The SMILES string of the molecule is C[C@]12O[C@](CCn3nnc4ccccc43)(C[C@@H]1O)[C@H]1C(=O)N(c3ccc(C#N)c4ccccc34)C(=O)[C@H]12. The zero-order valence-electron chi connectivity index (χ0n) is 20.0. The van der Waals surface area contributed by atoms with Gasteiger partial charge in [-0.2, -0.15) is 5.26 Å². The molecule has 7 rings (SSSR count). The zero-order valence-corrected chi connectivity index (χ0v) is 20.0. The molecule has 4 heterocycles. The number of carbonyl (C=O) groups excluding carboxylic acids is 2. The summed E-state index contributed by atoms with van der Waals surface area (Å²) in [6, 6.07) is 20.4. The molecule has 3 aliphatic heterocycles. The van der Waals surface area contributed by atoms with Gasteiger partial charge in [-0.25, -0.2) is 9.58 Å². The van der Waals surface area contributed by atoms with Crippen molar-refractivity contribution in [1.29, 1.82) is 5.26 Å². The lowest BCUT2D eigenvalue weighted by Gasteiger charge is -2.33. The molecule has 3 aliphatic rings. The first-order valence-electron chi connectivity index (χ1n) is 12.3. The lowest BCUT2D eigenvalue weighted by atomic mass is 9.66. The van der Waals surface area contributed by atoms with Gasteiger partial charge in [0.05, 0.1) is 46.4 Å². The molecule has 0 radical (unpaired) electrons. The minimum atomic E-state index is -1.17. The third-order valence-electron chi connectivity index (χ3n) is 8.54. The van der Waals surface area contributed by atoms with Gasteiger partial charge in [0.15, 0.2) is 0 Å². The van der Waals surface area contributed by atoms with Gasteiger partial charge in [-0.05, 0) is 37.6 Å². The predicted octanol–water partition coefficient (Wildman–Crippen LogP) is 2.94. The van der Waals surface area contributed by atoms with E-state index in [2.05, 4.69) is 16.4 Å². The summed E-state index contributed by atoms with van der Waals surface area (Å²) in [5.41, 5.74) is 0.394. The maximum Gasteiger partial charge on any atom is 0.240 e. The molecule has 1 N–H and O–H groups in total. The quantitative estimate of drug-likeness (QED) is 0.434. The number of aromatic nitrogens is 3. The molecule has 0 aliphatic carbocycles. The molecule has 9 heteroatoms. The Kier molecular flexibility index (Phi) is 4.45. The number of hydrogen-bond donors (Lipinski definition) is 1. The number of para-hydroxylation sites is 1. The Hall–Kier alpha value is -4.13. The second-order valence-electron chi connectivity index (χ2n) is 10.4. The van der Waals surface area contributed by atoms with Gasteiger partial charge in [-0.15, -0.1) is 5.10 Å². The van der Waals surface area contributed by atoms with E-state index in [-0.39, 0.29) is 18.2 Å². The Labute approximate surface area is 211 Å². The summed E-state index contributed by atoms with van der Waals surface area (Å²) in [6.45, 7) is 2.16. The molecule has 0 saturated carbocycles. The van der Waals surface area contributed by atoms with Crippen LogP contribution in [0.4, 0.5) is 5.69 Å². The number of rotatable bonds is 4. The molecule has 0 spiro atoms. The number of imide groups is 1. The number of aliphatic hydroxyl groups excluding tert-OH is 1. The van der Waals surface area contributed by atoms with Crippen LogP contribution >= 0.6 is 0 Å². The first kappa shape index (κ1) is 22.1. The number of hydrogen-bond acceptors (Lipinski definition) is 7. The number of ether oxygens (including phenoxy) is 1. The van der Waals surface area contributed by atoms with Crippen LogP contribution < -0.4 is 4.90 Å². The lowest BCUT2D eigenvalue weighted by molar-refractivity contribution is -0.133. The smallest absolute Gasteiger partial charge is 0.240 e. The minimum absolute atomic E-state index is 0.262. The molecule has 2 amide bonds. The summed E-state index contributed by atoms with van der Waals surface area (Å²) < 4.78 is 8.24. The van der Waals surface area contributed by atoms with Crippen molar-refractivity contribution in [3.8, 4) is 6.07 Å². The average Bonchev–Trinajstić information content (AvgIpc) is 3.59. The van der Waals surface area contributed by atoms with E-state index in [1.807, 2.05) is 48.5 Å². The van der Waals surface area contributed by atoms with E-state index in [1.165, 1.54) is 4.90 Å². The fraction of sp³-hybridized carbons (Fsp3) is 0.321. The highest BCUT2D eigenvalue weighted by molar-refractivity contribution is 6.26. The predicted molar refractivity (Wildman–Crippen MR) is 133 cm³/mol. The van der Waals surface area contributed by atoms with E-state index >= 15 is 0 Å². The standard InChI is InChI=1S/C28H23N5O4/c1-27-22(34)14-28(37-27,12-13-32-21-9-5-4-8-19(21)30-31-32)24-23(27)25(35)33(26(24)36)20-11-10-16(15-29)17-6-2-3-7-18(17)20/h2-11,22-24,34H,12-14H2,1H3/t22-,23-,24+,27-,28+/m0/s1. The van der Waals surface area contributed by atoms with E-state index in [4.69, 9.17) is 4.74 Å². The van der Waals surface area contributed by atoms with Crippen molar-refractivity contribution in [2.45, 2.75) is 43.6 Å². The summed E-state index contributed by atoms with van der Waals surface area (Å²) in [6.07, 6.45) is -0.219. The van der Waals surface area contributed by atoms with Gasteiger partial charge in [-0.3, -0.25) is 9.59 Å². The van der Waals surface area contributed by atoms with Crippen LogP contribution in [-0.2, 0) is 20.9 Å². The van der Waals surface area contributed by atoms with Crippen LogP contribution in [0.2, 0.25) is 0 Å². The second-order valence-corrected chi connectivity index (χ2v) is 10.4. The van der Waals surface area contributed by atoms with Crippen LogP contribution in [0.25, 0.3) is 21.8 Å². The van der Waals surface area contributed by atoms with Crippen molar-refractivity contribution in [3.63, 3.8) is 0 Å². The fourth-order valence-electron chi connectivity index (χ4n) is 6.81. The number of amides is 2. The van der Waals surface area contributed by atoms with Crippen molar-refractivity contribution < 1.29 is 19.4 Å². The molecule has 0 unspecified atom stereocenters. The average molecular weight is 494 g/mol. The second kappa shape index (κ2) is 7.44. The van der Waals surface area contributed by atoms with Crippen molar-refractivity contribution >= 4 is 39.3 Å². The highest BCUT2D eigenvalue weighted by atomic mass is 16.6. The Morgan fingerprint density at radius 2 is 1.78 bits per heavy atom. The van der Waals surface area contributed by atoms with Crippen molar-refractivity contribution in [2.75, 3.05) is 4.90 Å². The molecule has 3 aromatic carbocycles. The molecule has 37 heavy (non-hydrogen) atoms. The monoisotopic (exact) mass is 493 g/mol. The summed E-state index contributed by atoms with van der Waals surface area (Å²) in [5, 5.41) is 30.4. The van der Waals surface area contributed by atoms with E-state index in [0.717, 1.165) is 11.0 Å². The van der Waals surface area contributed by atoms with Crippen molar-refractivity contribution in [2.24, 2.45) is 11.8 Å². The molecule has 3 saturated heterocycles. The molecule has 9 nitrogen and oxygen atoms in total. The van der Waals surface area contributed by atoms with Crippen LogP contribution in [0.3, 0.4) is 0 Å². The maximum atomic E-state index is 14.1. The highest BCUT2D eigenvalue weighted by Gasteiger charge is 2.77. The normalized spacial score (nSPS) is 30.4. The van der Waals surface area contributed by atoms with Gasteiger partial charge in [0, 0.05) is 23.7 Å². The summed E-state index contributed by atoms with van der Waals surface area (Å²) in [4.78, 5) is 29.2. The van der Waals surface area contributed by atoms with E-state index in [0.29, 0.717) is 35.0 Å². The van der Waals surface area contributed by atoms with Crippen LogP contribution in [-0.4, -0.2) is 49.2 Å². The molecule has 4 aromatic rings. The Balaban J connectivity index is 1.29. The number of aryl methyl sites for hydroxylation is 1. The summed E-state index contributed by atoms with van der Waals surface area (Å²) >= 11 is 0. The fourth-order valence-corrected chi connectivity index (χ4v) is 6.81. The van der Waals surface area contributed by atoms with Gasteiger partial charge in [0.25, 0.3) is 0 Å². The molecule has 1 aromatic heterocycles. The first-order chi connectivity index (χ1) is 17.9. The third-order valence-corrected chi connectivity index (χ3v) is 8.54. The molecule has 3 fully saturated rings. The van der Waals surface area contributed by atoms with Gasteiger partial charge < -0.3 is 9.84 Å². The molecule has 184 valence electrons. The largest absolute Gasteiger partial charge is 0.390 e. The van der Waals surface area contributed by atoms with E-state index < -0.39 is 29.1 Å². The maximum absolute atomic E-state index is 14.1. The Bertz CT molecular complexity index is 1670. The number of anilines is 1. The number of aliphatic hydroxyl groups is 1. The number of nitriles is 1. The summed E-state index contributed by atoms with van der Waals surface area (Å²) in [7, 11) is 0.